The van der Waals surface area contributed by atoms with Crippen molar-refractivity contribution in [1.29, 1.82) is 0 Å². The molecule has 0 aliphatic heterocycles. The Kier molecular flexibility index (Phi) is 8.86. The minimum Gasteiger partial charge on any atom is -0.479 e. The average Bonchev–Trinajstić information content (AvgIpc) is 2.92. The van der Waals surface area contributed by atoms with Crippen molar-refractivity contribution in [3.05, 3.63) is 120 Å². The molecular formula is C32H25F4O3S+. The first-order chi connectivity index (χ1) is 19.0. The molecule has 0 N–H and O–H groups in total. The third kappa shape index (κ3) is 7.67. The van der Waals surface area contributed by atoms with Crippen molar-refractivity contribution in [2.45, 2.75) is 40.3 Å². The van der Waals surface area contributed by atoms with Crippen LogP contribution < -0.4 is 4.74 Å². The molecule has 0 spiro atoms. The van der Waals surface area contributed by atoms with Crippen molar-refractivity contribution in [3.8, 4) is 17.6 Å². The molecule has 4 rings (SSSR count). The van der Waals surface area contributed by atoms with Crippen LogP contribution in [0.15, 0.2) is 118 Å². The molecule has 0 amide bonds. The summed E-state index contributed by atoms with van der Waals surface area (Å²) < 4.78 is 64.0. The van der Waals surface area contributed by atoms with Gasteiger partial charge in [-0.1, -0.05) is 48.2 Å². The molecule has 0 heterocycles. The standard InChI is InChI=1S/C32H25F4O3S/c1-31(2,20-19-23-13-15-24(16-14-23)32(34,35)36)39-30(37)22-38-29-18-17-27(21-28(29)33)40(25-9-5-3-6-10-25)26-11-7-4-8-12-26/h3-18,21H,22H2,1-2H3/q+1. The van der Waals surface area contributed by atoms with E-state index in [2.05, 4.69) is 11.8 Å². The van der Waals surface area contributed by atoms with E-state index in [4.69, 9.17) is 9.47 Å². The summed E-state index contributed by atoms with van der Waals surface area (Å²) in [6.07, 6.45) is -4.44. The molecule has 0 aromatic heterocycles. The van der Waals surface area contributed by atoms with Gasteiger partial charge in [-0.15, -0.1) is 0 Å². The van der Waals surface area contributed by atoms with E-state index in [1.807, 2.05) is 60.7 Å². The highest BCUT2D eigenvalue weighted by Gasteiger charge is 2.31. The molecule has 0 unspecified atom stereocenters. The summed E-state index contributed by atoms with van der Waals surface area (Å²) in [5, 5.41) is 0. The van der Waals surface area contributed by atoms with Gasteiger partial charge >= 0.3 is 12.1 Å². The molecule has 0 aliphatic rings. The van der Waals surface area contributed by atoms with Crippen LogP contribution in [0.25, 0.3) is 0 Å². The lowest BCUT2D eigenvalue weighted by Gasteiger charge is -2.19. The molecule has 0 radical (unpaired) electrons. The summed E-state index contributed by atoms with van der Waals surface area (Å²) in [6.45, 7) is 2.52. The maximum Gasteiger partial charge on any atom is 0.416 e. The fraction of sp³-hybridized carbons (Fsp3) is 0.156. The van der Waals surface area contributed by atoms with Gasteiger partial charge in [-0.2, -0.15) is 13.2 Å². The van der Waals surface area contributed by atoms with Gasteiger partial charge in [-0.3, -0.25) is 0 Å². The van der Waals surface area contributed by atoms with Gasteiger partial charge in [0.25, 0.3) is 0 Å². The summed E-state index contributed by atoms with van der Waals surface area (Å²) in [7, 11) is -0.542. The number of carbonyl (C=O) groups is 1. The molecule has 0 bridgehead atoms. The molecule has 0 saturated carbocycles. The van der Waals surface area contributed by atoms with Crippen LogP contribution in [0.1, 0.15) is 25.0 Å². The van der Waals surface area contributed by atoms with Crippen LogP contribution in [0, 0.1) is 17.7 Å². The zero-order valence-corrected chi connectivity index (χ0v) is 22.5. The van der Waals surface area contributed by atoms with Gasteiger partial charge in [0.1, 0.15) is 0 Å². The van der Waals surface area contributed by atoms with E-state index in [1.54, 1.807) is 6.07 Å². The molecule has 0 fully saturated rings. The lowest BCUT2D eigenvalue weighted by atomic mass is 10.1. The van der Waals surface area contributed by atoms with Gasteiger partial charge in [0.15, 0.2) is 38.5 Å². The molecule has 8 heteroatoms. The Labute approximate surface area is 233 Å². The van der Waals surface area contributed by atoms with Crippen molar-refractivity contribution >= 4 is 16.9 Å². The molecule has 4 aromatic rings. The quantitative estimate of drug-likeness (QED) is 0.0998. The highest BCUT2D eigenvalue weighted by atomic mass is 32.2. The zero-order valence-electron chi connectivity index (χ0n) is 21.7. The fourth-order valence-electron chi connectivity index (χ4n) is 3.69. The Bertz CT molecular complexity index is 1470. The second-order valence-corrected chi connectivity index (χ2v) is 11.1. The maximum absolute atomic E-state index is 15.1. The Hall–Kier alpha value is -4.22. The molecule has 0 saturated heterocycles. The van der Waals surface area contributed by atoms with E-state index in [9.17, 15) is 18.0 Å². The van der Waals surface area contributed by atoms with Gasteiger partial charge in [-0.05, 0) is 74.5 Å². The van der Waals surface area contributed by atoms with Gasteiger partial charge in [0.05, 0.1) is 16.5 Å². The van der Waals surface area contributed by atoms with Gasteiger partial charge in [0.2, 0.25) is 0 Å². The second-order valence-electron chi connectivity index (χ2n) is 9.12. The van der Waals surface area contributed by atoms with E-state index in [-0.39, 0.29) is 5.75 Å². The van der Waals surface area contributed by atoms with Crippen molar-refractivity contribution in [3.63, 3.8) is 0 Å². The van der Waals surface area contributed by atoms with Gasteiger partial charge in [-0.25, -0.2) is 9.18 Å². The predicted molar refractivity (Wildman–Crippen MR) is 145 cm³/mol. The molecule has 204 valence electrons. The highest BCUT2D eigenvalue weighted by Crippen LogP contribution is 2.33. The van der Waals surface area contributed by atoms with E-state index >= 15 is 4.39 Å². The first-order valence-corrected chi connectivity index (χ1v) is 13.4. The predicted octanol–water partition coefficient (Wildman–Crippen LogP) is 7.69. The summed E-state index contributed by atoms with van der Waals surface area (Å²) in [5.41, 5.74) is -1.71. The maximum atomic E-state index is 15.1. The van der Waals surface area contributed by atoms with E-state index in [1.165, 1.54) is 38.1 Å². The number of alkyl halides is 3. The highest BCUT2D eigenvalue weighted by molar-refractivity contribution is 7.97. The van der Waals surface area contributed by atoms with Crippen molar-refractivity contribution in [1.82, 2.24) is 0 Å². The van der Waals surface area contributed by atoms with Crippen molar-refractivity contribution in [2.24, 2.45) is 0 Å². The van der Waals surface area contributed by atoms with Crippen LogP contribution in [0.2, 0.25) is 0 Å². The number of halogens is 4. The number of esters is 1. The van der Waals surface area contributed by atoms with Gasteiger partial charge in [0, 0.05) is 11.6 Å². The first-order valence-electron chi connectivity index (χ1n) is 12.2. The number of benzene rings is 4. The Morgan fingerprint density at radius 2 is 1.38 bits per heavy atom. The molecule has 4 aromatic carbocycles. The third-order valence-corrected chi connectivity index (χ3v) is 7.74. The lowest BCUT2D eigenvalue weighted by Crippen LogP contribution is -2.29. The minimum absolute atomic E-state index is 0.0981. The van der Waals surface area contributed by atoms with Crippen molar-refractivity contribution < 1.29 is 31.8 Å². The SMILES string of the molecule is CC(C)(C#Cc1ccc(C(F)(F)F)cc1)OC(=O)COc1ccc([S+](c2ccccc2)c2ccccc2)cc1F. The normalized spacial score (nSPS) is 11.5. The fourth-order valence-corrected chi connectivity index (χ4v) is 5.79. The summed E-state index contributed by atoms with van der Waals surface area (Å²) >= 11 is 0. The van der Waals surface area contributed by atoms with Gasteiger partial charge < -0.3 is 9.47 Å². The summed E-state index contributed by atoms with van der Waals surface area (Å²) in [4.78, 5) is 15.2. The number of hydrogen-bond donors (Lipinski definition) is 0. The molecule has 0 aliphatic carbocycles. The monoisotopic (exact) mass is 565 g/mol. The Morgan fingerprint density at radius 3 is 1.90 bits per heavy atom. The van der Waals surface area contributed by atoms with Crippen molar-refractivity contribution in [2.75, 3.05) is 6.61 Å². The zero-order chi connectivity index (χ0) is 28.8. The van der Waals surface area contributed by atoms with Crippen LogP contribution in [-0.2, 0) is 26.6 Å². The van der Waals surface area contributed by atoms with E-state index in [0.717, 1.165) is 26.8 Å². The number of carbonyl (C=O) groups excluding carboxylic acids is 1. The molecular weight excluding hydrogens is 540 g/mol. The average molecular weight is 566 g/mol. The summed E-state index contributed by atoms with van der Waals surface area (Å²) in [5.74, 6) is 3.94. The molecule has 3 nitrogen and oxygen atoms in total. The number of hydrogen-bond acceptors (Lipinski definition) is 3. The molecule has 0 atom stereocenters. The second kappa shape index (κ2) is 12.3. The van der Waals surface area contributed by atoms with E-state index < -0.39 is 46.6 Å². The molecule has 40 heavy (non-hydrogen) atoms. The summed E-state index contributed by atoms with van der Waals surface area (Å²) in [6, 6.07) is 28.6. The lowest BCUT2D eigenvalue weighted by molar-refractivity contribution is -0.154. The third-order valence-electron chi connectivity index (χ3n) is 5.53. The van der Waals surface area contributed by atoms with Crippen LogP contribution in [0.4, 0.5) is 17.6 Å². The number of ether oxygens (including phenoxy) is 2. The largest absolute Gasteiger partial charge is 0.479 e. The minimum atomic E-state index is -4.44. The van der Waals surface area contributed by atoms with Crippen LogP contribution >= 0.6 is 0 Å². The van der Waals surface area contributed by atoms with E-state index in [0.29, 0.717) is 5.56 Å². The smallest absolute Gasteiger partial charge is 0.416 e. The van der Waals surface area contributed by atoms with Crippen LogP contribution in [0.3, 0.4) is 0 Å². The number of rotatable bonds is 7. The first kappa shape index (κ1) is 28.8. The Morgan fingerprint density at radius 1 is 0.800 bits per heavy atom. The van der Waals surface area contributed by atoms with Crippen LogP contribution in [0.5, 0.6) is 5.75 Å². The Balaban J connectivity index is 1.41. The topological polar surface area (TPSA) is 35.5 Å². The van der Waals surface area contributed by atoms with Crippen LogP contribution in [-0.4, -0.2) is 18.2 Å².